The first-order valence-electron chi connectivity index (χ1n) is 12.6. The lowest BCUT2D eigenvalue weighted by molar-refractivity contribution is -0.121. The summed E-state index contributed by atoms with van der Waals surface area (Å²) in [6.45, 7) is 5.49. The van der Waals surface area contributed by atoms with Crippen LogP contribution in [0.2, 0.25) is 10.0 Å². The summed E-state index contributed by atoms with van der Waals surface area (Å²) < 4.78 is 30.0. The van der Waals surface area contributed by atoms with E-state index in [0.29, 0.717) is 16.5 Å². The Morgan fingerprint density at radius 3 is 2.38 bits per heavy atom. The average molecular weight is 598 g/mol. The third-order valence-corrected chi connectivity index (χ3v) is 8.90. The van der Waals surface area contributed by atoms with Crippen LogP contribution in [0.4, 0.5) is 0 Å². The zero-order chi connectivity index (χ0) is 28.9. The summed E-state index contributed by atoms with van der Waals surface area (Å²) in [6, 6.07) is 23.3. The highest BCUT2D eigenvalue weighted by Crippen LogP contribution is 2.28. The Hall–Kier alpha value is -3.43. The Labute approximate surface area is 245 Å². The maximum absolute atomic E-state index is 13.5. The van der Waals surface area contributed by atoms with E-state index in [0.717, 1.165) is 33.8 Å². The molecule has 0 fully saturated rings. The van der Waals surface area contributed by atoms with Crippen LogP contribution in [-0.4, -0.2) is 42.5 Å². The lowest BCUT2D eigenvalue weighted by Crippen LogP contribution is -2.40. The number of carbonyl (C=O) groups excluding carboxylic acids is 1. The summed E-state index contributed by atoms with van der Waals surface area (Å²) in [5, 5.41) is 5.22. The van der Waals surface area contributed by atoms with Gasteiger partial charge in [-0.25, -0.2) is 13.8 Å². The third-order valence-electron chi connectivity index (χ3n) is 6.48. The van der Waals surface area contributed by atoms with Crippen LogP contribution in [0.15, 0.2) is 88.9 Å². The van der Waals surface area contributed by atoms with Gasteiger partial charge in [0.05, 0.1) is 28.4 Å². The number of carbonyl (C=O) groups is 1. The molecule has 4 rings (SSSR count). The first kappa shape index (κ1) is 29.6. The van der Waals surface area contributed by atoms with Crippen LogP contribution in [0.25, 0.3) is 5.69 Å². The van der Waals surface area contributed by atoms with Crippen molar-refractivity contribution in [2.75, 3.05) is 13.1 Å². The van der Waals surface area contributed by atoms with Crippen LogP contribution in [0, 0.1) is 20.8 Å². The Morgan fingerprint density at radius 2 is 1.68 bits per heavy atom. The number of hydrazone groups is 1. The molecule has 0 unspecified atom stereocenters. The molecule has 0 bridgehead atoms. The fourth-order valence-corrected chi connectivity index (χ4v) is 6.12. The van der Waals surface area contributed by atoms with Crippen LogP contribution in [-0.2, 0) is 21.2 Å². The lowest BCUT2D eigenvalue weighted by atomic mass is 10.1. The van der Waals surface area contributed by atoms with Gasteiger partial charge in [-0.3, -0.25) is 4.79 Å². The Kier molecular flexibility index (Phi) is 9.48. The van der Waals surface area contributed by atoms with Crippen molar-refractivity contribution in [2.45, 2.75) is 32.1 Å². The fraction of sp³-hybridized carbons (Fsp3) is 0.200. The maximum atomic E-state index is 13.5. The highest BCUT2D eigenvalue weighted by Gasteiger charge is 2.26. The van der Waals surface area contributed by atoms with E-state index in [1.54, 1.807) is 42.5 Å². The molecule has 1 N–H and O–H groups in total. The normalized spacial score (nSPS) is 11.8. The van der Waals surface area contributed by atoms with E-state index in [1.807, 2.05) is 61.7 Å². The van der Waals surface area contributed by atoms with Gasteiger partial charge in [0.25, 0.3) is 5.91 Å². The summed E-state index contributed by atoms with van der Waals surface area (Å²) in [5.74, 6) is -0.549. The quantitative estimate of drug-likeness (QED) is 0.177. The van der Waals surface area contributed by atoms with Crippen molar-refractivity contribution in [3.05, 3.63) is 117 Å². The molecule has 10 heteroatoms. The van der Waals surface area contributed by atoms with Gasteiger partial charge >= 0.3 is 0 Å². The second-order valence-electron chi connectivity index (χ2n) is 9.44. The van der Waals surface area contributed by atoms with Gasteiger partial charge in [0.2, 0.25) is 10.0 Å². The number of benzene rings is 3. The van der Waals surface area contributed by atoms with Gasteiger partial charge < -0.3 is 4.57 Å². The molecule has 0 saturated carbocycles. The third kappa shape index (κ3) is 7.01. The zero-order valence-electron chi connectivity index (χ0n) is 22.4. The number of halogens is 2. The van der Waals surface area contributed by atoms with Gasteiger partial charge in [-0.2, -0.15) is 9.41 Å². The van der Waals surface area contributed by atoms with Crippen molar-refractivity contribution >= 4 is 45.3 Å². The molecule has 7 nitrogen and oxygen atoms in total. The number of aromatic nitrogens is 1. The number of rotatable bonds is 10. The highest BCUT2D eigenvalue weighted by molar-refractivity contribution is 7.89. The molecule has 4 aromatic rings. The van der Waals surface area contributed by atoms with Gasteiger partial charge in [0.1, 0.15) is 0 Å². The SMILES string of the molecule is Cc1ccc(S(=O)(=O)N(CCc2ccccc2)CC(=O)N/N=C/c2cc(C)n(-c3cc(Cl)ccc3Cl)c2C)cc1. The van der Waals surface area contributed by atoms with Crippen LogP contribution < -0.4 is 5.43 Å². The van der Waals surface area contributed by atoms with Crippen molar-refractivity contribution in [2.24, 2.45) is 5.10 Å². The monoisotopic (exact) mass is 596 g/mol. The highest BCUT2D eigenvalue weighted by atomic mass is 35.5. The molecule has 208 valence electrons. The number of hydrogen-bond donors (Lipinski definition) is 1. The van der Waals surface area contributed by atoms with Crippen LogP contribution in [0.3, 0.4) is 0 Å². The van der Waals surface area contributed by atoms with E-state index in [4.69, 9.17) is 23.2 Å². The molecule has 40 heavy (non-hydrogen) atoms. The number of nitrogens with zero attached hydrogens (tertiary/aromatic N) is 3. The first-order valence-corrected chi connectivity index (χ1v) is 14.8. The molecule has 0 aliphatic heterocycles. The fourth-order valence-electron chi connectivity index (χ4n) is 4.36. The summed E-state index contributed by atoms with van der Waals surface area (Å²) >= 11 is 12.6. The van der Waals surface area contributed by atoms with E-state index in [1.165, 1.54) is 10.5 Å². The second-order valence-corrected chi connectivity index (χ2v) is 12.2. The second kappa shape index (κ2) is 12.8. The van der Waals surface area contributed by atoms with Gasteiger partial charge in [-0.1, -0.05) is 71.2 Å². The van der Waals surface area contributed by atoms with Crippen molar-refractivity contribution in [3.8, 4) is 5.69 Å². The van der Waals surface area contributed by atoms with Crippen molar-refractivity contribution in [1.82, 2.24) is 14.3 Å². The molecule has 3 aromatic carbocycles. The molecule has 1 heterocycles. The maximum Gasteiger partial charge on any atom is 0.255 e. The van der Waals surface area contributed by atoms with Gasteiger partial charge in [-0.05, 0) is 69.2 Å². The van der Waals surface area contributed by atoms with Gasteiger partial charge in [0.15, 0.2) is 0 Å². The number of amides is 1. The number of hydrogen-bond acceptors (Lipinski definition) is 4. The Balaban J connectivity index is 1.50. The summed E-state index contributed by atoms with van der Waals surface area (Å²) in [6.07, 6.45) is 1.98. The minimum atomic E-state index is -3.91. The van der Waals surface area contributed by atoms with E-state index >= 15 is 0 Å². The summed E-state index contributed by atoms with van der Waals surface area (Å²) in [7, 11) is -3.91. The Bertz CT molecular complexity index is 1630. The molecule has 0 spiro atoms. The van der Waals surface area contributed by atoms with E-state index in [9.17, 15) is 13.2 Å². The molecule has 0 radical (unpaired) electrons. The van der Waals surface area contributed by atoms with Crippen LogP contribution in [0.1, 0.15) is 28.1 Å². The minimum absolute atomic E-state index is 0.134. The molecule has 0 aliphatic carbocycles. The topological polar surface area (TPSA) is 83.8 Å². The molecule has 0 saturated heterocycles. The number of nitrogens with one attached hydrogen (secondary N) is 1. The van der Waals surface area contributed by atoms with E-state index in [2.05, 4.69) is 10.5 Å². The minimum Gasteiger partial charge on any atom is -0.316 e. The van der Waals surface area contributed by atoms with Crippen molar-refractivity contribution in [1.29, 1.82) is 0 Å². The lowest BCUT2D eigenvalue weighted by Gasteiger charge is -2.21. The van der Waals surface area contributed by atoms with E-state index < -0.39 is 15.9 Å². The standard InChI is InChI=1S/C30H30Cl2N4O3S/c1-21-9-12-27(13-10-21)40(38,39)35(16-15-24-7-5-4-6-8-24)20-30(37)34-33-19-25-17-22(2)36(23(25)3)29-18-26(31)11-14-28(29)32/h4-14,17-19H,15-16,20H2,1-3H3,(H,34,37)/b33-19+. The Morgan fingerprint density at radius 1 is 0.975 bits per heavy atom. The number of sulfonamides is 1. The zero-order valence-corrected chi connectivity index (χ0v) is 24.8. The predicted molar refractivity (Wildman–Crippen MR) is 161 cm³/mol. The largest absolute Gasteiger partial charge is 0.316 e. The molecule has 0 atom stereocenters. The van der Waals surface area contributed by atoms with Crippen molar-refractivity contribution in [3.63, 3.8) is 0 Å². The van der Waals surface area contributed by atoms with E-state index in [-0.39, 0.29) is 18.0 Å². The average Bonchev–Trinajstić information content (AvgIpc) is 3.21. The van der Waals surface area contributed by atoms with Crippen molar-refractivity contribution < 1.29 is 13.2 Å². The molecule has 0 aliphatic rings. The van der Waals surface area contributed by atoms with Gasteiger partial charge in [-0.15, -0.1) is 0 Å². The molecular formula is C30H30Cl2N4O3S. The number of aryl methyl sites for hydroxylation is 2. The first-order chi connectivity index (χ1) is 19.1. The summed E-state index contributed by atoms with van der Waals surface area (Å²) in [4.78, 5) is 13.0. The molecular weight excluding hydrogens is 567 g/mol. The smallest absolute Gasteiger partial charge is 0.255 e. The molecule has 1 aromatic heterocycles. The van der Waals surface area contributed by atoms with Crippen LogP contribution >= 0.6 is 23.2 Å². The van der Waals surface area contributed by atoms with Gasteiger partial charge in [0, 0.05) is 28.5 Å². The predicted octanol–water partition coefficient (Wildman–Crippen LogP) is 6.09. The summed E-state index contributed by atoms with van der Waals surface area (Å²) in [5.41, 5.74) is 7.66. The molecule has 1 amide bonds. The van der Waals surface area contributed by atoms with Crippen LogP contribution in [0.5, 0.6) is 0 Å².